The Morgan fingerprint density at radius 1 is 0.625 bits per heavy atom. The molecule has 0 saturated carbocycles. The van der Waals surface area contributed by atoms with Gasteiger partial charge in [0.1, 0.15) is 34.2 Å². The first-order chi connectivity index (χ1) is 19.3. The average molecular weight is 573 g/mol. The van der Waals surface area contributed by atoms with E-state index in [1.54, 1.807) is 36.4 Å². The maximum atomic E-state index is 13.4. The van der Waals surface area contributed by atoms with Crippen LogP contribution < -0.4 is 16.0 Å². The molecule has 0 aliphatic heterocycles. The van der Waals surface area contributed by atoms with Crippen LogP contribution in [0.3, 0.4) is 0 Å². The van der Waals surface area contributed by atoms with Crippen LogP contribution in [-0.4, -0.2) is 10.2 Å². The number of rotatable bonds is 5. The second-order valence-corrected chi connectivity index (χ2v) is 9.88. The lowest BCUT2D eigenvalue weighted by atomic mass is 9.84. The Hall–Kier alpha value is -4.72. The zero-order valence-corrected chi connectivity index (χ0v) is 21.9. The van der Waals surface area contributed by atoms with Gasteiger partial charge in [0, 0.05) is 10.0 Å². The lowest BCUT2D eigenvalue weighted by Gasteiger charge is -2.20. The molecular weight excluding hydrogens is 555 g/mol. The quantitative estimate of drug-likeness (QED) is 0.205. The third-order valence-electron chi connectivity index (χ3n) is 6.50. The van der Waals surface area contributed by atoms with Crippen LogP contribution in [0.2, 0.25) is 10.0 Å². The van der Waals surface area contributed by atoms with E-state index in [-0.39, 0.29) is 33.1 Å². The molecule has 0 unspecified atom stereocenters. The molecule has 40 heavy (non-hydrogen) atoms. The summed E-state index contributed by atoms with van der Waals surface area (Å²) in [7, 11) is 0. The van der Waals surface area contributed by atoms with Crippen molar-refractivity contribution in [2.45, 2.75) is 5.92 Å². The molecule has 0 spiro atoms. The molecule has 0 amide bonds. The summed E-state index contributed by atoms with van der Waals surface area (Å²) in [5, 5.41) is 23.7. The highest BCUT2D eigenvalue weighted by molar-refractivity contribution is 6.31. The van der Waals surface area contributed by atoms with Crippen LogP contribution in [0.15, 0.2) is 109 Å². The van der Waals surface area contributed by atoms with E-state index >= 15 is 0 Å². The van der Waals surface area contributed by atoms with Crippen molar-refractivity contribution in [2.24, 2.45) is 0 Å². The Labute approximate surface area is 236 Å². The van der Waals surface area contributed by atoms with Gasteiger partial charge in [-0.25, -0.2) is 9.59 Å². The van der Waals surface area contributed by atoms with E-state index in [0.29, 0.717) is 27.1 Å². The molecule has 0 aliphatic carbocycles. The predicted octanol–water partition coefficient (Wildman–Crippen LogP) is 7.59. The monoisotopic (exact) mass is 572 g/mol. The summed E-state index contributed by atoms with van der Waals surface area (Å²) in [5.41, 5.74) is -1.91. The highest BCUT2D eigenvalue weighted by atomic mass is 35.5. The van der Waals surface area contributed by atoms with Crippen LogP contribution in [0.1, 0.15) is 22.6 Å². The third kappa shape index (κ3) is 4.55. The highest BCUT2D eigenvalue weighted by Crippen LogP contribution is 2.43. The first-order valence-electron chi connectivity index (χ1n) is 12.0. The van der Waals surface area contributed by atoms with E-state index < -0.39 is 28.7 Å². The Balaban J connectivity index is 1.65. The lowest BCUT2D eigenvalue weighted by Crippen LogP contribution is -2.21. The molecule has 2 heterocycles. The number of para-hydroxylation sites is 1. The molecule has 7 nitrogen and oxygen atoms in total. The van der Waals surface area contributed by atoms with E-state index in [1.807, 2.05) is 18.2 Å². The smallest absolute Gasteiger partial charge is 0.344 e. The Morgan fingerprint density at radius 3 is 1.70 bits per heavy atom. The normalized spacial score (nSPS) is 11.4. The van der Waals surface area contributed by atoms with Crippen molar-refractivity contribution in [2.75, 3.05) is 0 Å². The van der Waals surface area contributed by atoms with E-state index in [2.05, 4.69) is 0 Å². The molecule has 0 atom stereocenters. The Kier molecular flexibility index (Phi) is 6.46. The Bertz CT molecular complexity index is 1930. The van der Waals surface area contributed by atoms with Gasteiger partial charge in [0.15, 0.2) is 0 Å². The van der Waals surface area contributed by atoms with E-state index in [9.17, 15) is 19.8 Å². The molecule has 9 heteroatoms. The summed E-state index contributed by atoms with van der Waals surface area (Å²) in [4.78, 5) is 26.8. The maximum absolute atomic E-state index is 13.4. The van der Waals surface area contributed by atoms with Crippen molar-refractivity contribution >= 4 is 45.1 Å². The van der Waals surface area contributed by atoms with Crippen molar-refractivity contribution in [1.29, 1.82) is 0 Å². The van der Waals surface area contributed by atoms with Crippen molar-refractivity contribution < 1.29 is 23.8 Å². The summed E-state index contributed by atoms with van der Waals surface area (Å²) >= 11 is 12.3. The van der Waals surface area contributed by atoms with Crippen LogP contribution in [0, 0.1) is 0 Å². The maximum Gasteiger partial charge on any atom is 0.344 e. The standard InChI is InChI=1S/C31H18Cl2O7/c32-17-9-11-23-21(14-17)28(34)26(30(36)39-23)25(16-5-4-8-20(13-16)38-19-6-2-1-3-7-19)27-29(35)22-15-18(33)10-12-24(22)40-31(27)37/h1-15,25,34-35H. The molecular formula is C31H18Cl2O7. The molecule has 6 aromatic rings. The minimum absolute atomic E-state index is 0.0945. The number of halogens is 2. The molecule has 198 valence electrons. The minimum atomic E-state index is -1.33. The largest absolute Gasteiger partial charge is 0.507 e. The number of ether oxygens (including phenoxy) is 1. The van der Waals surface area contributed by atoms with Crippen molar-refractivity contribution in [1.82, 2.24) is 0 Å². The number of aromatic hydroxyl groups is 2. The molecule has 2 aromatic heterocycles. The topological polar surface area (TPSA) is 110 Å². The predicted molar refractivity (Wildman–Crippen MR) is 152 cm³/mol. The molecule has 0 aliphatic rings. The Morgan fingerprint density at radius 2 is 1.15 bits per heavy atom. The van der Waals surface area contributed by atoms with Crippen LogP contribution in [0.25, 0.3) is 21.9 Å². The van der Waals surface area contributed by atoms with Crippen molar-refractivity contribution in [3.63, 3.8) is 0 Å². The van der Waals surface area contributed by atoms with Crippen LogP contribution in [0.5, 0.6) is 23.0 Å². The van der Waals surface area contributed by atoms with Gasteiger partial charge in [-0.3, -0.25) is 0 Å². The van der Waals surface area contributed by atoms with E-state index in [4.69, 9.17) is 36.8 Å². The summed E-state index contributed by atoms with van der Waals surface area (Å²) < 4.78 is 17.0. The fourth-order valence-electron chi connectivity index (χ4n) is 4.71. The zero-order valence-electron chi connectivity index (χ0n) is 20.4. The molecule has 0 fully saturated rings. The van der Waals surface area contributed by atoms with Crippen LogP contribution in [0.4, 0.5) is 0 Å². The minimum Gasteiger partial charge on any atom is -0.507 e. The van der Waals surface area contributed by atoms with Gasteiger partial charge in [-0.1, -0.05) is 53.5 Å². The molecule has 4 aromatic carbocycles. The van der Waals surface area contributed by atoms with Gasteiger partial charge in [0.2, 0.25) is 0 Å². The number of benzene rings is 4. The van der Waals surface area contributed by atoms with Gasteiger partial charge in [0.25, 0.3) is 0 Å². The van der Waals surface area contributed by atoms with Gasteiger partial charge in [-0.15, -0.1) is 0 Å². The zero-order chi connectivity index (χ0) is 28.0. The van der Waals surface area contributed by atoms with Gasteiger partial charge in [0.05, 0.1) is 27.8 Å². The van der Waals surface area contributed by atoms with E-state index in [0.717, 1.165) is 0 Å². The van der Waals surface area contributed by atoms with Gasteiger partial charge in [-0.2, -0.15) is 0 Å². The first-order valence-corrected chi connectivity index (χ1v) is 12.8. The molecule has 2 N–H and O–H groups in total. The summed E-state index contributed by atoms with van der Waals surface area (Å²) in [6.07, 6.45) is 0. The van der Waals surface area contributed by atoms with Crippen molar-refractivity contribution in [3.05, 3.63) is 139 Å². The molecule has 0 bridgehead atoms. The summed E-state index contributed by atoms with van der Waals surface area (Å²) in [5.74, 6) is -1.31. The number of hydrogen-bond acceptors (Lipinski definition) is 7. The second kappa shape index (κ2) is 10.1. The molecule has 6 rings (SSSR count). The SMILES string of the molecule is O=c1oc2ccc(Cl)cc2c(O)c1C(c1cccc(Oc2ccccc2)c1)c1c(O)c2cc(Cl)ccc2oc1=O. The summed E-state index contributed by atoms with van der Waals surface area (Å²) in [6.45, 7) is 0. The number of hydrogen-bond donors (Lipinski definition) is 2. The fraction of sp³-hybridized carbons (Fsp3) is 0.0323. The van der Waals surface area contributed by atoms with Gasteiger partial charge in [-0.05, 0) is 66.2 Å². The third-order valence-corrected chi connectivity index (χ3v) is 6.97. The summed E-state index contributed by atoms with van der Waals surface area (Å²) in [6, 6.07) is 24.4. The molecule has 0 radical (unpaired) electrons. The number of fused-ring (bicyclic) bond motifs is 2. The molecule has 0 saturated heterocycles. The fourth-order valence-corrected chi connectivity index (χ4v) is 5.06. The average Bonchev–Trinajstić information content (AvgIpc) is 2.94. The van der Waals surface area contributed by atoms with E-state index in [1.165, 1.54) is 36.4 Å². The second-order valence-electron chi connectivity index (χ2n) is 9.01. The van der Waals surface area contributed by atoms with Crippen molar-refractivity contribution in [3.8, 4) is 23.0 Å². The van der Waals surface area contributed by atoms with Gasteiger partial charge >= 0.3 is 11.3 Å². The first kappa shape index (κ1) is 25.6. The van der Waals surface area contributed by atoms with Crippen LogP contribution in [-0.2, 0) is 0 Å². The van der Waals surface area contributed by atoms with Gasteiger partial charge < -0.3 is 23.8 Å². The highest BCUT2D eigenvalue weighted by Gasteiger charge is 2.33. The van der Waals surface area contributed by atoms with Crippen LogP contribution >= 0.6 is 23.2 Å². The lowest BCUT2D eigenvalue weighted by molar-refractivity contribution is 0.441.